The largest absolute Gasteiger partial charge is 0.396 e. The third-order valence-corrected chi connectivity index (χ3v) is 8.16. The number of fused-ring (bicyclic) bond motifs is 1. The predicted molar refractivity (Wildman–Crippen MR) is 95.5 cm³/mol. The van der Waals surface area contributed by atoms with Crippen LogP contribution in [0.25, 0.3) is 0 Å². The lowest BCUT2D eigenvalue weighted by molar-refractivity contribution is -0.264. The summed E-state index contributed by atoms with van der Waals surface area (Å²) in [5.41, 5.74) is -1.62. The van der Waals surface area contributed by atoms with Crippen LogP contribution in [-0.4, -0.2) is 44.8 Å². The first kappa shape index (κ1) is 20.2. The van der Waals surface area contributed by atoms with Crippen LogP contribution < -0.4 is 0 Å². The van der Waals surface area contributed by atoms with Crippen molar-refractivity contribution in [2.24, 2.45) is 28.6 Å². The molecule has 0 spiro atoms. The molecular weight excluding hydrogens is 304 g/mol. The average Bonchev–Trinajstić information content (AvgIpc) is 2.51. The van der Waals surface area contributed by atoms with E-state index in [-0.39, 0.29) is 23.4 Å². The SMILES string of the molecule is CC(CCO)CCC1(C)C(C)CCC2(C)C1CC(O)C(O)C2(C)O. The molecule has 2 aliphatic carbocycles. The van der Waals surface area contributed by atoms with E-state index in [0.717, 1.165) is 32.1 Å². The molecule has 0 saturated heterocycles. The Bertz CT molecular complexity index is 437. The highest BCUT2D eigenvalue weighted by atomic mass is 16.4. The van der Waals surface area contributed by atoms with Gasteiger partial charge in [0.05, 0.1) is 11.7 Å². The smallest absolute Gasteiger partial charge is 0.109 e. The first-order valence-electron chi connectivity index (χ1n) is 9.70. The summed E-state index contributed by atoms with van der Waals surface area (Å²) >= 11 is 0. The zero-order valence-electron chi connectivity index (χ0n) is 16.1. The summed E-state index contributed by atoms with van der Waals surface area (Å²) in [7, 11) is 0. The number of hydrogen-bond donors (Lipinski definition) is 4. The van der Waals surface area contributed by atoms with Crippen LogP contribution in [0.5, 0.6) is 0 Å². The van der Waals surface area contributed by atoms with E-state index in [1.54, 1.807) is 6.92 Å². The molecule has 0 heterocycles. The maximum Gasteiger partial charge on any atom is 0.109 e. The monoisotopic (exact) mass is 342 g/mol. The van der Waals surface area contributed by atoms with E-state index in [9.17, 15) is 15.3 Å². The fourth-order valence-electron chi connectivity index (χ4n) is 5.65. The summed E-state index contributed by atoms with van der Waals surface area (Å²) in [6.07, 6.45) is 3.45. The average molecular weight is 343 g/mol. The molecule has 0 radical (unpaired) electrons. The standard InChI is InChI=1S/C20H38O4/c1-13(8-11-21)6-9-18(3)14(2)7-10-19(4)16(18)12-15(22)17(23)20(19,5)24/h13-17,21-24H,6-12H2,1-5H3. The van der Waals surface area contributed by atoms with Gasteiger partial charge in [-0.15, -0.1) is 0 Å². The van der Waals surface area contributed by atoms with Crippen LogP contribution in [-0.2, 0) is 0 Å². The Balaban J connectivity index is 2.30. The molecule has 0 aromatic rings. The minimum atomic E-state index is -1.27. The van der Waals surface area contributed by atoms with Gasteiger partial charge in [0.25, 0.3) is 0 Å². The van der Waals surface area contributed by atoms with Gasteiger partial charge in [0.2, 0.25) is 0 Å². The van der Waals surface area contributed by atoms with Crippen molar-refractivity contribution in [1.82, 2.24) is 0 Å². The van der Waals surface area contributed by atoms with Gasteiger partial charge in [0.1, 0.15) is 6.10 Å². The lowest BCUT2D eigenvalue weighted by Gasteiger charge is -2.64. The fraction of sp³-hybridized carbons (Fsp3) is 1.00. The van der Waals surface area contributed by atoms with Crippen LogP contribution in [0.3, 0.4) is 0 Å². The normalized spacial score (nSPS) is 50.4. The lowest BCUT2D eigenvalue weighted by Crippen LogP contribution is -2.68. The minimum absolute atomic E-state index is 0.0296. The third-order valence-electron chi connectivity index (χ3n) is 8.16. The van der Waals surface area contributed by atoms with Gasteiger partial charge in [-0.05, 0) is 62.2 Å². The summed E-state index contributed by atoms with van der Waals surface area (Å²) in [5.74, 6) is 1.19. The summed E-state index contributed by atoms with van der Waals surface area (Å²) in [5, 5.41) is 41.1. The molecule has 0 aliphatic heterocycles. The highest BCUT2D eigenvalue weighted by molar-refractivity contribution is 5.14. The van der Waals surface area contributed by atoms with Gasteiger partial charge in [-0.2, -0.15) is 0 Å². The second-order valence-electron chi connectivity index (χ2n) is 9.47. The molecule has 24 heavy (non-hydrogen) atoms. The van der Waals surface area contributed by atoms with Gasteiger partial charge < -0.3 is 20.4 Å². The second-order valence-corrected chi connectivity index (χ2v) is 9.47. The van der Waals surface area contributed by atoms with Gasteiger partial charge in [-0.3, -0.25) is 0 Å². The quantitative estimate of drug-likeness (QED) is 0.619. The summed E-state index contributed by atoms with van der Waals surface area (Å²) in [4.78, 5) is 0. The maximum atomic E-state index is 11.1. The number of aliphatic hydroxyl groups is 4. The van der Waals surface area contributed by atoms with Crippen LogP contribution in [0, 0.1) is 28.6 Å². The molecule has 0 aromatic carbocycles. The van der Waals surface area contributed by atoms with E-state index in [2.05, 4.69) is 27.7 Å². The Hall–Kier alpha value is -0.160. The summed E-state index contributed by atoms with van der Waals surface area (Å²) in [6, 6.07) is 0. The maximum absolute atomic E-state index is 11.1. The number of aliphatic hydroxyl groups excluding tert-OH is 3. The highest BCUT2D eigenvalue weighted by Gasteiger charge is 2.64. The van der Waals surface area contributed by atoms with Crippen LogP contribution in [0.2, 0.25) is 0 Å². The predicted octanol–water partition coefficient (Wildman–Crippen LogP) is 2.72. The Morgan fingerprint density at radius 1 is 1.12 bits per heavy atom. The van der Waals surface area contributed by atoms with Crippen LogP contribution >= 0.6 is 0 Å². The van der Waals surface area contributed by atoms with Crippen molar-refractivity contribution < 1.29 is 20.4 Å². The molecule has 2 aliphatic rings. The van der Waals surface area contributed by atoms with Gasteiger partial charge in [0, 0.05) is 12.0 Å². The zero-order valence-corrected chi connectivity index (χ0v) is 16.1. The van der Waals surface area contributed by atoms with Crippen molar-refractivity contribution in [3.05, 3.63) is 0 Å². The summed E-state index contributed by atoms with van der Waals surface area (Å²) < 4.78 is 0. The third kappa shape index (κ3) is 3.04. The molecule has 2 fully saturated rings. The molecule has 2 saturated carbocycles. The van der Waals surface area contributed by atoms with Gasteiger partial charge in [-0.1, -0.05) is 34.1 Å². The van der Waals surface area contributed by atoms with Crippen LogP contribution in [0.4, 0.5) is 0 Å². The van der Waals surface area contributed by atoms with E-state index in [1.165, 1.54) is 0 Å². The molecule has 2 rings (SSSR count). The Kier molecular flexibility index (Phi) is 5.76. The van der Waals surface area contributed by atoms with E-state index < -0.39 is 17.8 Å². The minimum Gasteiger partial charge on any atom is -0.396 e. The van der Waals surface area contributed by atoms with Crippen molar-refractivity contribution in [3.8, 4) is 0 Å². The molecule has 4 heteroatoms. The topological polar surface area (TPSA) is 80.9 Å². The van der Waals surface area contributed by atoms with E-state index >= 15 is 0 Å². The first-order chi connectivity index (χ1) is 11.0. The lowest BCUT2D eigenvalue weighted by atomic mass is 9.42. The molecule has 0 aromatic heterocycles. The van der Waals surface area contributed by atoms with Crippen molar-refractivity contribution in [2.45, 2.75) is 91.0 Å². The van der Waals surface area contributed by atoms with Crippen molar-refractivity contribution in [1.29, 1.82) is 0 Å². The zero-order chi connectivity index (χ0) is 18.3. The molecule has 8 unspecified atom stereocenters. The number of rotatable bonds is 5. The molecular formula is C20H38O4. The van der Waals surface area contributed by atoms with Crippen LogP contribution in [0.1, 0.15) is 73.1 Å². The molecule has 142 valence electrons. The second kappa shape index (κ2) is 6.86. The van der Waals surface area contributed by atoms with Crippen molar-refractivity contribution in [3.63, 3.8) is 0 Å². The van der Waals surface area contributed by atoms with Crippen molar-refractivity contribution >= 4 is 0 Å². The Labute approximate surface area is 147 Å². The molecule has 4 nitrogen and oxygen atoms in total. The fourth-order valence-corrected chi connectivity index (χ4v) is 5.65. The first-order valence-corrected chi connectivity index (χ1v) is 9.70. The van der Waals surface area contributed by atoms with Gasteiger partial charge in [-0.25, -0.2) is 0 Å². The Morgan fingerprint density at radius 2 is 1.75 bits per heavy atom. The summed E-state index contributed by atoms with van der Waals surface area (Å²) in [6.45, 7) is 10.8. The van der Waals surface area contributed by atoms with E-state index in [1.807, 2.05) is 0 Å². The Morgan fingerprint density at radius 3 is 2.33 bits per heavy atom. The molecule has 0 bridgehead atoms. The van der Waals surface area contributed by atoms with Gasteiger partial charge >= 0.3 is 0 Å². The van der Waals surface area contributed by atoms with E-state index in [0.29, 0.717) is 18.3 Å². The van der Waals surface area contributed by atoms with Crippen LogP contribution in [0.15, 0.2) is 0 Å². The molecule has 4 N–H and O–H groups in total. The van der Waals surface area contributed by atoms with Gasteiger partial charge in [0.15, 0.2) is 0 Å². The molecule has 0 amide bonds. The highest BCUT2D eigenvalue weighted by Crippen LogP contribution is 2.64. The van der Waals surface area contributed by atoms with E-state index in [4.69, 9.17) is 5.11 Å². The van der Waals surface area contributed by atoms with Crippen molar-refractivity contribution in [2.75, 3.05) is 6.61 Å². The molecule has 8 atom stereocenters. The number of hydrogen-bond acceptors (Lipinski definition) is 4.